The second kappa shape index (κ2) is 7.67. The van der Waals surface area contributed by atoms with Gasteiger partial charge in [0.05, 0.1) is 27.0 Å². The highest BCUT2D eigenvalue weighted by atomic mass is 32.2. The molecule has 3 aromatic rings. The van der Waals surface area contributed by atoms with E-state index in [9.17, 15) is 13.2 Å². The van der Waals surface area contributed by atoms with E-state index in [1.54, 1.807) is 34.8 Å². The molecule has 2 aromatic heterocycles. The number of carbonyl (C=O) groups excluding carboxylic acids is 1. The van der Waals surface area contributed by atoms with Crippen molar-refractivity contribution in [3.63, 3.8) is 0 Å². The Morgan fingerprint density at radius 2 is 2.04 bits per heavy atom. The molecule has 0 radical (unpaired) electrons. The number of thiophene rings is 1. The molecule has 0 spiro atoms. The van der Waals surface area contributed by atoms with Gasteiger partial charge in [0.2, 0.25) is 10.0 Å². The Morgan fingerprint density at radius 1 is 1.23 bits per heavy atom. The van der Waals surface area contributed by atoms with Crippen LogP contribution in [0.1, 0.15) is 20.2 Å². The zero-order valence-electron chi connectivity index (χ0n) is 14.1. The summed E-state index contributed by atoms with van der Waals surface area (Å²) in [4.78, 5) is 18.9. The van der Waals surface area contributed by atoms with E-state index in [2.05, 4.69) is 15.0 Å². The Hall–Kier alpha value is -2.07. The molecule has 0 bridgehead atoms. The minimum atomic E-state index is -3.58. The number of nitrogens with one attached hydrogen (secondary N) is 2. The van der Waals surface area contributed by atoms with E-state index in [0.29, 0.717) is 12.1 Å². The molecule has 2 heterocycles. The van der Waals surface area contributed by atoms with Crippen LogP contribution in [0.3, 0.4) is 0 Å². The lowest BCUT2D eigenvalue weighted by molar-refractivity contribution is 0.0951. The Labute approximate surface area is 160 Å². The molecular weight excluding hydrogens is 390 g/mol. The molecule has 0 aliphatic heterocycles. The second-order valence-electron chi connectivity index (χ2n) is 5.44. The molecule has 26 heavy (non-hydrogen) atoms. The van der Waals surface area contributed by atoms with Crippen LogP contribution in [0.25, 0.3) is 10.6 Å². The molecular formula is C17H17N3O3S3. The number of amides is 1. The summed E-state index contributed by atoms with van der Waals surface area (Å²) < 4.78 is 25.9. The number of nitrogens with zero attached hydrogens (tertiary/aromatic N) is 1. The van der Waals surface area contributed by atoms with Crippen LogP contribution < -0.4 is 10.0 Å². The minimum absolute atomic E-state index is 0.0601. The first kappa shape index (κ1) is 18.7. The van der Waals surface area contributed by atoms with Crippen LogP contribution in [0, 0.1) is 6.92 Å². The monoisotopic (exact) mass is 407 g/mol. The minimum Gasteiger partial charge on any atom is -0.347 e. The van der Waals surface area contributed by atoms with Crippen LogP contribution in [0.4, 0.5) is 0 Å². The van der Waals surface area contributed by atoms with Gasteiger partial charge in [-0.15, -0.1) is 22.7 Å². The van der Waals surface area contributed by atoms with E-state index in [-0.39, 0.29) is 10.8 Å². The van der Waals surface area contributed by atoms with Crippen molar-refractivity contribution < 1.29 is 13.2 Å². The summed E-state index contributed by atoms with van der Waals surface area (Å²) in [5.41, 5.74) is 1.24. The maximum Gasteiger partial charge on any atom is 0.251 e. The number of thiazole rings is 1. The smallest absolute Gasteiger partial charge is 0.251 e. The summed E-state index contributed by atoms with van der Waals surface area (Å²) in [6.07, 6.45) is 0. The first-order valence-electron chi connectivity index (χ1n) is 7.72. The SMILES string of the molecule is CNS(=O)(=O)c1cccc(C(=O)NCc2ccc(-c3csc(C)n3)s2)c1. The third-order valence-corrected chi connectivity index (χ3v) is 6.92. The van der Waals surface area contributed by atoms with Gasteiger partial charge in [-0.05, 0) is 44.3 Å². The number of aromatic nitrogens is 1. The topological polar surface area (TPSA) is 88.2 Å². The fourth-order valence-electron chi connectivity index (χ4n) is 2.28. The van der Waals surface area contributed by atoms with Crippen molar-refractivity contribution in [2.45, 2.75) is 18.4 Å². The first-order valence-corrected chi connectivity index (χ1v) is 10.9. The summed E-state index contributed by atoms with van der Waals surface area (Å²) in [6, 6.07) is 9.88. The molecule has 0 saturated carbocycles. The van der Waals surface area contributed by atoms with Crippen molar-refractivity contribution in [1.82, 2.24) is 15.0 Å². The highest BCUT2D eigenvalue weighted by molar-refractivity contribution is 7.89. The predicted molar refractivity (Wildman–Crippen MR) is 104 cm³/mol. The van der Waals surface area contributed by atoms with Crippen LogP contribution in [0.15, 0.2) is 46.7 Å². The van der Waals surface area contributed by atoms with Crippen molar-refractivity contribution in [3.8, 4) is 10.6 Å². The average molecular weight is 408 g/mol. The number of hydrogen-bond acceptors (Lipinski definition) is 6. The molecule has 0 saturated heterocycles. The lowest BCUT2D eigenvalue weighted by atomic mass is 10.2. The molecule has 6 nitrogen and oxygen atoms in total. The molecule has 0 atom stereocenters. The fraction of sp³-hybridized carbons (Fsp3) is 0.176. The number of rotatable bonds is 6. The molecule has 1 amide bonds. The van der Waals surface area contributed by atoms with E-state index in [0.717, 1.165) is 20.5 Å². The number of hydrogen-bond donors (Lipinski definition) is 2. The fourth-order valence-corrected chi connectivity index (χ4v) is 4.65. The van der Waals surface area contributed by atoms with E-state index < -0.39 is 10.0 Å². The van der Waals surface area contributed by atoms with Gasteiger partial charge in [0.25, 0.3) is 5.91 Å². The Kier molecular flexibility index (Phi) is 5.52. The van der Waals surface area contributed by atoms with E-state index >= 15 is 0 Å². The van der Waals surface area contributed by atoms with Gasteiger partial charge >= 0.3 is 0 Å². The van der Waals surface area contributed by atoms with E-state index in [1.165, 1.54) is 19.2 Å². The highest BCUT2D eigenvalue weighted by Gasteiger charge is 2.14. The van der Waals surface area contributed by atoms with E-state index in [1.807, 2.05) is 24.4 Å². The van der Waals surface area contributed by atoms with Crippen LogP contribution in [0.2, 0.25) is 0 Å². The van der Waals surface area contributed by atoms with Gasteiger partial charge < -0.3 is 5.32 Å². The molecule has 2 N–H and O–H groups in total. The maximum atomic E-state index is 12.3. The quantitative estimate of drug-likeness (QED) is 0.657. The van der Waals surface area contributed by atoms with Gasteiger partial charge in [-0.2, -0.15) is 0 Å². The Morgan fingerprint density at radius 3 is 2.73 bits per heavy atom. The lowest BCUT2D eigenvalue weighted by Crippen LogP contribution is -2.23. The third kappa shape index (κ3) is 4.18. The van der Waals surface area contributed by atoms with Gasteiger partial charge in [-0.1, -0.05) is 6.07 Å². The van der Waals surface area contributed by atoms with Crippen LogP contribution in [-0.2, 0) is 16.6 Å². The molecule has 3 rings (SSSR count). The van der Waals surface area contributed by atoms with Crippen molar-refractivity contribution in [1.29, 1.82) is 0 Å². The number of sulfonamides is 1. The summed E-state index contributed by atoms with van der Waals surface area (Å²) in [7, 11) is -2.25. The Balaban J connectivity index is 1.68. The zero-order chi connectivity index (χ0) is 18.7. The van der Waals surface area contributed by atoms with Crippen LogP contribution in [-0.4, -0.2) is 26.4 Å². The number of benzene rings is 1. The second-order valence-corrected chi connectivity index (χ2v) is 9.55. The maximum absolute atomic E-state index is 12.3. The average Bonchev–Trinajstić information content (AvgIpc) is 3.28. The van der Waals surface area contributed by atoms with Crippen molar-refractivity contribution in [2.75, 3.05) is 7.05 Å². The van der Waals surface area contributed by atoms with Gasteiger partial charge in [-0.25, -0.2) is 18.1 Å². The highest BCUT2D eigenvalue weighted by Crippen LogP contribution is 2.29. The largest absolute Gasteiger partial charge is 0.347 e. The molecule has 0 aliphatic carbocycles. The molecule has 0 aliphatic rings. The summed E-state index contributed by atoms with van der Waals surface area (Å²) in [5.74, 6) is -0.322. The zero-order valence-corrected chi connectivity index (χ0v) is 16.6. The molecule has 9 heteroatoms. The first-order chi connectivity index (χ1) is 12.4. The summed E-state index contributed by atoms with van der Waals surface area (Å²) >= 11 is 3.17. The number of aryl methyl sites for hydroxylation is 1. The normalized spacial score (nSPS) is 11.5. The molecule has 136 valence electrons. The van der Waals surface area contributed by atoms with Crippen LogP contribution >= 0.6 is 22.7 Å². The number of carbonyl (C=O) groups is 1. The molecule has 1 aromatic carbocycles. The lowest BCUT2D eigenvalue weighted by Gasteiger charge is -2.06. The molecule has 0 unspecified atom stereocenters. The van der Waals surface area contributed by atoms with Gasteiger partial charge in [0.15, 0.2) is 0 Å². The van der Waals surface area contributed by atoms with Gasteiger partial charge in [0, 0.05) is 15.8 Å². The molecule has 0 fully saturated rings. The standard InChI is InChI=1S/C17H17N3O3S3/c1-11-20-15(10-24-11)16-7-6-13(25-16)9-19-17(21)12-4-3-5-14(8-12)26(22,23)18-2/h3-8,10,18H,9H2,1-2H3,(H,19,21). The van der Waals surface area contributed by atoms with Gasteiger partial charge in [0.1, 0.15) is 0 Å². The third-order valence-electron chi connectivity index (χ3n) is 3.63. The van der Waals surface area contributed by atoms with Crippen molar-refractivity contribution >= 4 is 38.6 Å². The van der Waals surface area contributed by atoms with E-state index in [4.69, 9.17) is 0 Å². The summed E-state index contributed by atoms with van der Waals surface area (Å²) in [5, 5.41) is 5.85. The summed E-state index contributed by atoms with van der Waals surface area (Å²) in [6.45, 7) is 2.33. The van der Waals surface area contributed by atoms with Crippen molar-refractivity contribution in [2.24, 2.45) is 0 Å². The van der Waals surface area contributed by atoms with Gasteiger partial charge in [-0.3, -0.25) is 4.79 Å². The van der Waals surface area contributed by atoms with Crippen molar-refractivity contribution in [3.05, 3.63) is 57.2 Å². The van der Waals surface area contributed by atoms with Crippen LogP contribution in [0.5, 0.6) is 0 Å². The predicted octanol–water partition coefficient (Wildman–Crippen LogP) is 3.02. The Bertz CT molecular complexity index is 1040.